The van der Waals surface area contributed by atoms with Crippen LogP contribution in [0.5, 0.6) is 0 Å². The number of carbonyl (C=O) groups excluding carboxylic acids is 1. The molecule has 0 saturated carbocycles. The minimum absolute atomic E-state index is 0.145. The third-order valence-electron chi connectivity index (χ3n) is 4.44. The molecule has 3 heterocycles. The minimum Gasteiger partial charge on any atom is -0.330 e. The van der Waals surface area contributed by atoms with Crippen molar-refractivity contribution in [2.24, 2.45) is 5.92 Å². The van der Waals surface area contributed by atoms with Crippen LogP contribution in [0.15, 0.2) is 6.07 Å². The molecule has 1 amide bonds. The fraction of sp³-hybridized carbons (Fsp3) is 0.714. The van der Waals surface area contributed by atoms with Gasteiger partial charge >= 0.3 is 0 Å². The number of nitrogens with one attached hydrogen (secondary N) is 1. The standard InChI is InChI=1S/C14H22N4O/c1-4-17-12(5-9(2)16-17)14(19)18-10(3)6-11-7-15-8-13(11)18/h5,10-11,13,15H,4,6-8H2,1-3H3. The van der Waals surface area contributed by atoms with Gasteiger partial charge in [-0.15, -0.1) is 0 Å². The molecule has 3 atom stereocenters. The van der Waals surface area contributed by atoms with Crippen molar-refractivity contribution in [2.45, 2.75) is 45.8 Å². The summed E-state index contributed by atoms with van der Waals surface area (Å²) in [4.78, 5) is 14.9. The van der Waals surface area contributed by atoms with E-state index in [0.29, 0.717) is 18.0 Å². The van der Waals surface area contributed by atoms with Crippen molar-refractivity contribution in [1.82, 2.24) is 20.0 Å². The number of amides is 1. The molecule has 3 rings (SSSR count). The van der Waals surface area contributed by atoms with Gasteiger partial charge in [-0.3, -0.25) is 9.48 Å². The molecule has 3 unspecified atom stereocenters. The molecule has 19 heavy (non-hydrogen) atoms. The van der Waals surface area contributed by atoms with E-state index in [-0.39, 0.29) is 5.91 Å². The summed E-state index contributed by atoms with van der Waals surface area (Å²) in [5, 5.41) is 7.78. The maximum Gasteiger partial charge on any atom is 0.272 e. The highest BCUT2D eigenvalue weighted by Crippen LogP contribution is 2.33. The van der Waals surface area contributed by atoms with E-state index in [1.165, 1.54) is 0 Å². The third kappa shape index (κ3) is 1.96. The maximum atomic E-state index is 12.8. The van der Waals surface area contributed by atoms with Crippen LogP contribution in [0.1, 0.15) is 36.5 Å². The number of hydrogen-bond acceptors (Lipinski definition) is 3. The van der Waals surface area contributed by atoms with Crippen molar-refractivity contribution in [3.63, 3.8) is 0 Å². The summed E-state index contributed by atoms with van der Waals surface area (Å²) < 4.78 is 1.82. The highest BCUT2D eigenvalue weighted by molar-refractivity contribution is 5.93. The average molecular weight is 262 g/mol. The van der Waals surface area contributed by atoms with Crippen molar-refractivity contribution in [1.29, 1.82) is 0 Å². The Bertz CT molecular complexity index is 496. The second-order valence-electron chi connectivity index (χ2n) is 5.77. The fourth-order valence-corrected chi connectivity index (χ4v) is 3.61. The molecule has 1 aromatic heterocycles. The first-order valence-corrected chi connectivity index (χ1v) is 7.19. The molecule has 5 nitrogen and oxygen atoms in total. The summed E-state index contributed by atoms with van der Waals surface area (Å²) in [7, 11) is 0. The Morgan fingerprint density at radius 2 is 2.32 bits per heavy atom. The fourth-order valence-electron chi connectivity index (χ4n) is 3.61. The largest absolute Gasteiger partial charge is 0.330 e. The van der Waals surface area contributed by atoms with Gasteiger partial charge in [-0.1, -0.05) is 0 Å². The first-order valence-electron chi connectivity index (χ1n) is 7.19. The van der Waals surface area contributed by atoms with Crippen LogP contribution in [0.3, 0.4) is 0 Å². The summed E-state index contributed by atoms with van der Waals surface area (Å²) in [5.41, 5.74) is 1.65. The maximum absolute atomic E-state index is 12.8. The molecule has 2 saturated heterocycles. The molecule has 5 heteroatoms. The van der Waals surface area contributed by atoms with Gasteiger partial charge in [0, 0.05) is 31.7 Å². The molecule has 1 aromatic rings. The van der Waals surface area contributed by atoms with Gasteiger partial charge < -0.3 is 10.2 Å². The minimum atomic E-state index is 0.145. The highest BCUT2D eigenvalue weighted by Gasteiger charge is 2.44. The number of rotatable bonds is 2. The lowest BCUT2D eigenvalue weighted by Gasteiger charge is -2.27. The van der Waals surface area contributed by atoms with Gasteiger partial charge in [0.1, 0.15) is 5.69 Å². The molecule has 1 N–H and O–H groups in total. The van der Waals surface area contributed by atoms with Gasteiger partial charge in [-0.05, 0) is 39.2 Å². The molecular weight excluding hydrogens is 240 g/mol. The Kier molecular flexibility index (Phi) is 3.09. The summed E-state index contributed by atoms with van der Waals surface area (Å²) >= 11 is 0. The van der Waals surface area contributed by atoms with Crippen LogP contribution in [-0.2, 0) is 6.54 Å². The molecule has 0 radical (unpaired) electrons. The summed E-state index contributed by atoms with van der Waals surface area (Å²) in [6.07, 6.45) is 1.11. The SMILES string of the molecule is CCn1nc(C)cc1C(=O)N1C(C)CC2CNCC21. The van der Waals surface area contributed by atoms with Crippen molar-refractivity contribution in [2.75, 3.05) is 13.1 Å². The number of fused-ring (bicyclic) bond motifs is 1. The Hall–Kier alpha value is -1.36. The summed E-state index contributed by atoms with van der Waals surface area (Å²) in [6.45, 7) is 8.84. The molecule has 2 aliphatic heterocycles. The zero-order valence-electron chi connectivity index (χ0n) is 11.9. The lowest BCUT2D eigenvalue weighted by molar-refractivity contribution is 0.0669. The normalized spacial score (nSPS) is 29.8. The number of carbonyl (C=O) groups is 1. The zero-order valence-corrected chi connectivity index (χ0v) is 11.9. The second kappa shape index (κ2) is 4.63. The average Bonchev–Trinajstić information content (AvgIpc) is 3.02. The van der Waals surface area contributed by atoms with Gasteiger partial charge in [0.15, 0.2) is 0 Å². The number of aromatic nitrogens is 2. The summed E-state index contributed by atoms with van der Waals surface area (Å²) in [6, 6.07) is 2.61. The monoisotopic (exact) mass is 262 g/mol. The summed E-state index contributed by atoms with van der Waals surface area (Å²) in [5.74, 6) is 0.768. The van der Waals surface area contributed by atoms with Gasteiger partial charge in [0.2, 0.25) is 0 Å². The second-order valence-corrected chi connectivity index (χ2v) is 5.77. The van der Waals surface area contributed by atoms with E-state index in [0.717, 1.165) is 37.4 Å². The van der Waals surface area contributed by atoms with Gasteiger partial charge in [-0.25, -0.2) is 0 Å². The Labute approximate surface area is 114 Å². The molecule has 0 aliphatic carbocycles. The van der Waals surface area contributed by atoms with Crippen LogP contribution >= 0.6 is 0 Å². The Balaban J connectivity index is 1.90. The molecule has 104 valence electrons. The quantitative estimate of drug-likeness (QED) is 0.866. The molecule has 0 aromatic carbocycles. The lowest BCUT2D eigenvalue weighted by Crippen LogP contribution is -2.43. The zero-order chi connectivity index (χ0) is 13.6. The van der Waals surface area contributed by atoms with Crippen molar-refractivity contribution < 1.29 is 4.79 Å². The number of nitrogens with zero attached hydrogens (tertiary/aromatic N) is 3. The Morgan fingerprint density at radius 1 is 1.53 bits per heavy atom. The van der Waals surface area contributed by atoms with Crippen LogP contribution in [-0.4, -0.2) is 45.8 Å². The van der Waals surface area contributed by atoms with E-state index in [9.17, 15) is 4.79 Å². The van der Waals surface area contributed by atoms with E-state index in [1.807, 2.05) is 24.6 Å². The van der Waals surface area contributed by atoms with E-state index in [4.69, 9.17) is 0 Å². The van der Waals surface area contributed by atoms with Gasteiger partial charge in [0.05, 0.1) is 5.69 Å². The van der Waals surface area contributed by atoms with E-state index >= 15 is 0 Å². The number of aryl methyl sites for hydroxylation is 2. The van der Waals surface area contributed by atoms with E-state index < -0.39 is 0 Å². The van der Waals surface area contributed by atoms with E-state index in [1.54, 1.807) is 0 Å². The van der Waals surface area contributed by atoms with Crippen LogP contribution in [0.4, 0.5) is 0 Å². The smallest absolute Gasteiger partial charge is 0.272 e. The number of likely N-dealkylation sites (tertiary alicyclic amines) is 1. The van der Waals surface area contributed by atoms with Crippen LogP contribution < -0.4 is 5.32 Å². The first kappa shape index (κ1) is 12.7. The molecule has 0 bridgehead atoms. The van der Waals surface area contributed by atoms with Gasteiger partial charge in [-0.2, -0.15) is 5.10 Å². The predicted octanol–water partition coefficient (Wildman–Crippen LogP) is 1.03. The molecule has 2 aliphatic rings. The lowest BCUT2D eigenvalue weighted by atomic mass is 10.0. The van der Waals surface area contributed by atoms with Crippen LogP contribution in [0.25, 0.3) is 0 Å². The van der Waals surface area contributed by atoms with E-state index in [2.05, 4.69) is 22.2 Å². The van der Waals surface area contributed by atoms with Crippen molar-refractivity contribution in [3.8, 4) is 0 Å². The third-order valence-corrected chi connectivity index (χ3v) is 4.44. The highest BCUT2D eigenvalue weighted by atomic mass is 16.2. The van der Waals surface area contributed by atoms with Gasteiger partial charge in [0.25, 0.3) is 5.91 Å². The van der Waals surface area contributed by atoms with Crippen LogP contribution in [0.2, 0.25) is 0 Å². The Morgan fingerprint density at radius 3 is 3.05 bits per heavy atom. The molecular formula is C14H22N4O. The van der Waals surface area contributed by atoms with Crippen molar-refractivity contribution >= 4 is 5.91 Å². The molecule has 0 spiro atoms. The van der Waals surface area contributed by atoms with Crippen molar-refractivity contribution in [3.05, 3.63) is 17.5 Å². The predicted molar refractivity (Wildman–Crippen MR) is 73.0 cm³/mol. The number of hydrogen-bond donors (Lipinski definition) is 1. The first-order chi connectivity index (χ1) is 9.11. The van der Waals surface area contributed by atoms with Crippen LogP contribution in [0, 0.1) is 12.8 Å². The molecule has 2 fully saturated rings. The topological polar surface area (TPSA) is 50.2 Å².